The molecule has 0 heterocycles. The van der Waals surface area contributed by atoms with E-state index < -0.39 is 11.3 Å². The van der Waals surface area contributed by atoms with Crippen molar-refractivity contribution in [3.63, 3.8) is 0 Å². The molecule has 3 N–H and O–H groups in total. The molecular formula is C29H18O6. The van der Waals surface area contributed by atoms with Gasteiger partial charge in [-0.05, 0) is 58.0 Å². The first-order valence-corrected chi connectivity index (χ1v) is 11.4. The Hall–Kier alpha value is -4.45. The van der Waals surface area contributed by atoms with Crippen LogP contribution in [0.15, 0.2) is 60.7 Å². The first kappa shape index (κ1) is 20.0. The highest BCUT2D eigenvalue weighted by Gasteiger charge is 2.59. The summed E-state index contributed by atoms with van der Waals surface area (Å²) in [6, 6.07) is 13.1. The summed E-state index contributed by atoms with van der Waals surface area (Å²) in [4.78, 5) is 39.8. The molecule has 0 saturated carbocycles. The predicted octanol–water partition coefficient (Wildman–Crippen LogP) is 4.56. The molecule has 3 aromatic rings. The van der Waals surface area contributed by atoms with Crippen LogP contribution in [0.1, 0.15) is 66.2 Å². The van der Waals surface area contributed by atoms with Crippen LogP contribution in [0.25, 0.3) is 11.1 Å². The van der Waals surface area contributed by atoms with Crippen molar-refractivity contribution in [2.75, 3.05) is 0 Å². The Morgan fingerprint density at radius 3 is 2.06 bits per heavy atom. The van der Waals surface area contributed by atoms with E-state index >= 15 is 0 Å². The maximum absolute atomic E-state index is 13.5. The third kappa shape index (κ3) is 2.17. The molecular weight excluding hydrogens is 444 g/mol. The van der Waals surface area contributed by atoms with Gasteiger partial charge in [0.15, 0.2) is 17.3 Å². The molecule has 1 spiro atoms. The molecule has 1 unspecified atom stereocenters. The van der Waals surface area contributed by atoms with Gasteiger partial charge >= 0.3 is 0 Å². The first-order chi connectivity index (χ1) is 16.9. The maximum Gasteiger partial charge on any atom is 0.190 e. The molecule has 7 rings (SSSR count). The molecule has 35 heavy (non-hydrogen) atoms. The third-order valence-corrected chi connectivity index (χ3v) is 8.00. The SMILES string of the molecule is O=C1C[C@H]2CC(=O)c3c(O)cccc3C23C(=C2C=CC(=O)c4c(O)ccc3c42)c2cccc(O)c21. The Bertz CT molecular complexity index is 1640. The maximum atomic E-state index is 13.5. The lowest BCUT2D eigenvalue weighted by Crippen LogP contribution is -2.42. The Morgan fingerprint density at radius 1 is 0.657 bits per heavy atom. The molecule has 6 heteroatoms. The van der Waals surface area contributed by atoms with Gasteiger partial charge in [0.25, 0.3) is 0 Å². The summed E-state index contributed by atoms with van der Waals surface area (Å²) in [5.41, 5.74) is 3.26. The monoisotopic (exact) mass is 462 g/mol. The molecule has 0 bridgehead atoms. The number of hydrogen-bond donors (Lipinski definition) is 3. The number of fused-ring (bicyclic) bond motifs is 3. The van der Waals surface area contributed by atoms with Gasteiger partial charge in [0.2, 0.25) is 0 Å². The largest absolute Gasteiger partial charge is 0.507 e. The summed E-state index contributed by atoms with van der Waals surface area (Å²) in [5, 5.41) is 32.2. The van der Waals surface area contributed by atoms with E-state index in [1.165, 1.54) is 24.3 Å². The molecule has 0 saturated heterocycles. The van der Waals surface area contributed by atoms with Crippen molar-refractivity contribution in [2.45, 2.75) is 18.3 Å². The third-order valence-electron chi connectivity index (χ3n) is 8.00. The van der Waals surface area contributed by atoms with Crippen LogP contribution < -0.4 is 0 Å². The van der Waals surface area contributed by atoms with E-state index in [0.717, 1.165) is 0 Å². The van der Waals surface area contributed by atoms with Gasteiger partial charge in [0, 0.05) is 18.4 Å². The second-order valence-electron chi connectivity index (χ2n) is 9.53. The van der Waals surface area contributed by atoms with E-state index in [9.17, 15) is 29.7 Å². The van der Waals surface area contributed by atoms with E-state index in [1.54, 1.807) is 36.4 Å². The van der Waals surface area contributed by atoms with Crippen molar-refractivity contribution in [1.82, 2.24) is 0 Å². The Balaban J connectivity index is 1.76. The van der Waals surface area contributed by atoms with Gasteiger partial charge in [0.05, 0.1) is 22.1 Å². The molecule has 0 aromatic heterocycles. The number of ketones is 3. The Labute approximate surface area is 199 Å². The topological polar surface area (TPSA) is 112 Å². The number of Topliss-reactive ketones (excluding diaryl/α,β-unsaturated/α-hetero) is 2. The molecule has 6 nitrogen and oxygen atoms in total. The van der Waals surface area contributed by atoms with Crippen molar-refractivity contribution < 1.29 is 29.7 Å². The molecule has 4 aliphatic rings. The highest BCUT2D eigenvalue weighted by atomic mass is 16.3. The molecule has 170 valence electrons. The molecule has 0 aliphatic heterocycles. The first-order valence-electron chi connectivity index (χ1n) is 11.4. The quantitative estimate of drug-likeness (QED) is 0.452. The van der Waals surface area contributed by atoms with Crippen molar-refractivity contribution >= 4 is 28.5 Å². The highest BCUT2D eigenvalue weighted by molar-refractivity contribution is 6.23. The van der Waals surface area contributed by atoms with E-state index in [0.29, 0.717) is 33.4 Å². The zero-order valence-electron chi connectivity index (χ0n) is 18.3. The minimum absolute atomic E-state index is 0.00446. The fourth-order valence-electron chi connectivity index (χ4n) is 6.85. The number of allylic oxidation sites excluding steroid dienone is 4. The van der Waals surface area contributed by atoms with Gasteiger partial charge < -0.3 is 15.3 Å². The van der Waals surface area contributed by atoms with Crippen LogP contribution in [-0.4, -0.2) is 32.7 Å². The molecule has 3 aromatic carbocycles. The highest BCUT2D eigenvalue weighted by Crippen LogP contribution is 2.66. The van der Waals surface area contributed by atoms with Crippen molar-refractivity contribution in [3.8, 4) is 17.2 Å². The van der Waals surface area contributed by atoms with Gasteiger partial charge in [-0.1, -0.05) is 36.4 Å². The number of phenols is 3. The predicted molar refractivity (Wildman–Crippen MR) is 127 cm³/mol. The number of hydrogen-bond acceptors (Lipinski definition) is 6. The average molecular weight is 462 g/mol. The smallest absolute Gasteiger partial charge is 0.190 e. The normalized spacial score (nSPS) is 23.3. The van der Waals surface area contributed by atoms with Crippen LogP contribution in [0.2, 0.25) is 0 Å². The zero-order chi connectivity index (χ0) is 24.2. The van der Waals surface area contributed by atoms with Gasteiger partial charge in [-0.3, -0.25) is 14.4 Å². The summed E-state index contributed by atoms with van der Waals surface area (Å²) >= 11 is 0. The fraction of sp³-hybridized carbons (Fsp3) is 0.138. The van der Waals surface area contributed by atoms with E-state index in [4.69, 9.17) is 0 Å². The lowest BCUT2D eigenvalue weighted by Gasteiger charge is -2.44. The molecule has 0 amide bonds. The molecule has 4 aliphatic carbocycles. The Morgan fingerprint density at radius 2 is 1.29 bits per heavy atom. The van der Waals surface area contributed by atoms with E-state index in [2.05, 4.69) is 0 Å². The van der Waals surface area contributed by atoms with Crippen LogP contribution in [-0.2, 0) is 5.41 Å². The zero-order valence-corrected chi connectivity index (χ0v) is 18.3. The molecule has 0 radical (unpaired) electrons. The van der Waals surface area contributed by atoms with Crippen LogP contribution in [0.3, 0.4) is 0 Å². The van der Waals surface area contributed by atoms with Crippen molar-refractivity contribution in [1.29, 1.82) is 0 Å². The summed E-state index contributed by atoms with van der Waals surface area (Å²) in [6.45, 7) is 0. The fourth-order valence-corrected chi connectivity index (χ4v) is 6.85. The van der Waals surface area contributed by atoms with E-state index in [1.807, 2.05) is 0 Å². The van der Waals surface area contributed by atoms with E-state index in [-0.39, 0.29) is 64.1 Å². The lowest BCUT2D eigenvalue weighted by atomic mass is 9.56. The van der Waals surface area contributed by atoms with Crippen molar-refractivity contribution in [3.05, 3.63) is 99.6 Å². The summed E-state index contributed by atoms with van der Waals surface area (Å²) in [7, 11) is 0. The molecule has 2 atom stereocenters. The van der Waals surface area contributed by atoms with Gasteiger partial charge in [0.1, 0.15) is 17.2 Å². The summed E-state index contributed by atoms with van der Waals surface area (Å²) in [6.07, 6.45) is 3.09. The standard InChI is InChI=1S/C29H18O6/c30-18-5-1-3-14-25(18)22(34)11-13-12-23(35)26-16(4-2-6-19(26)31)29(13)17-8-10-21(33)27-20(32)9-7-15(24(17)27)28(14)29/h1-10,13,30-31,33H,11-12H2/t13-,29?/m0/s1. The molecule has 0 fully saturated rings. The van der Waals surface area contributed by atoms with Gasteiger partial charge in [-0.15, -0.1) is 0 Å². The second-order valence-corrected chi connectivity index (χ2v) is 9.53. The van der Waals surface area contributed by atoms with Gasteiger partial charge in [-0.2, -0.15) is 0 Å². The number of rotatable bonds is 0. The second kappa shape index (κ2) is 6.36. The van der Waals surface area contributed by atoms with Crippen LogP contribution in [0.4, 0.5) is 0 Å². The van der Waals surface area contributed by atoms with Crippen LogP contribution in [0, 0.1) is 5.92 Å². The van der Waals surface area contributed by atoms with Crippen LogP contribution in [0.5, 0.6) is 17.2 Å². The summed E-state index contributed by atoms with van der Waals surface area (Å²) < 4.78 is 0. The lowest BCUT2D eigenvalue weighted by molar-refractivity contribution is 0.0883. The van der Waals surface area contributed by atoms with Crippen molar-refractivity contribution in [2.24, 2.45) is 5.92 Å². The number of carbonyl (C=O) groups is 3. The number of carbonyl (C=O) groups excluding carboxylic acids is 3. The summed E-state index contributed by atoms with van der Waals surface area (Å²) in [5.74, 6) is -1.80. The average Bonchev–Trinajstić information content (AvgIpc) is 3.05. The Kier molecular flexibility index (Phi) is 3.63. The number of aromatic hydroxyl groups is 3. The number of benzene rings is 3. The minimum atomic E-state index is -1.04. The minimum Gasteiger partial charge on any atom is -0.507 e. The number of phenolic OH excluding ortho intramolecular Hbond substituents is 3. The van der Waals surface area contributed by atoms with Gasteiger partial charge in [-0.25, -0.2) is 0 Å². The van der Waals surface area contributed by atoms with Crippen LogP contribution >= 0.6 is 0 Å².